The number of rotatable bonds is 11. The first-order valence-corrected chi connectivity index (χ1v) is 9.32. The Morgan fingerprint density at radius 2 is 1.85 bits per heavy atom. The van der Waals surface area contributed by atoms with Crippen LogP contribution in [0.5, 0.6) is 11.5 Å². The smallest absolute Gasteiger partial charge is 0.220 e. The van der Waals surface area contributed by atoms with E-state index in [0.29, 0.717) is 19.4 Å². The average Bonchev–Trinajstić information content (AvgIpc) is 2.70. The second-order valence-corrected chi connectivity index (χ2v) is 6.60. The number of aryl methyl sites for hydroxylation is 1. The minimum atomic E-state index is 0.0607. The number of nitrogens with one attached hydrogen (secondary N) is 1. The van der Waals surface area contributed by atoms with Gasteiger partial charge in [-0.1, -0.05) is 30.3 Å². The third kappa shape index (κ3) is 7.31. The Morgan fingerprint density at radius 1 is 1.07 bits per heavy atom. The van der Waals surface area contributed by atoms with Crippen molar-refractivity contribution in [1.82, 2.24) is 10.2 Å². The lowest BCUT2D eigenvalue weighted by Gasteiger charge is -2.16. The van der Waals surface area contributed by atoms with E-state index in [-0.39, 0.29) is 5.91 Å². The van der Waals surface area contributed by atoms with Gasteiger partial charge in [0.2, 0.25) is 5.91 Å². The zero-order valence-electron chi connectivity index (χ0n) is 16.5. The molecule has 0 spiro atoms. The monoisotopic (exact) mass is 370 g/mol. The maximum atomic E-state index is 12.1. The fraction of sp³-hybridized carbons (Fsp3) is 0.409. The minimum absolute atomic E-state index is 0.0607. The Labute approximate surface area is 162 Å². The van der Waals surface area contributed by atoms with Crippen LogP contribution in [0.25, 0.3) is 0 Å². The van der Waals surface area contributed by atoms with Crippen LogP contribution in [0.2, 0.25) is 0 Å². The predicted octanol–water partition coefficient (Wildman–Crippen LogP) is 3.27. The second kappa shape index (κ2) is 11.2. The molecule has 146 valence electrons. The molecule has 0 aliphatic heterocycles. The quantitative estimate of drug-likeness (QED) is 0.617. The van der Waals surface area contributed by atoms with Crippen molar-refractivity contribution in [3.8, 4) is 11.5 Å². The molecule has 0 unspecified atom stereocenters. The summed E-state index contributed by atoms with van der Waals surface area (Å²) in [5.74, 6) is 1.62. The normalized spacial score (nSPS) is 10.7. The predicted molar refractivity (Wildman–Crippen MR) is 108 cm³/mol. The molecule has 2 aromatic rings. The van der Waals surface area contributed by atoms with Crippen molar-refractivity contribution >= 4 is 5.91 Å². The molecule has 5 heteroatoms. The van der Waals surface area contributed by atoms with Crippen LogP contribution in [0.15, 0.2) is 48.5 Å². The van der Waals surface area contributed by atoms with Gasteiger partial charge >= 0.3 is 0 Å². The highest BCUT2D eigenvalue weighted by atomic mass is 16.5. The summed E-state index contributed by atoms with van der Waals surface area (Å²) >= 11 is 0. The van der Waals surface area contributed by atoms with E-state index in [2.05, 4.69) is 41.5 Å². The van der Waals surface area contributed by atoms with E-state index in [1.807, 2.05) is 24.3 Å². The van der Waals surface area contributed by atoms with Gasteiger partial charge in [0, 0.05) is 19.5 Å². The van der Waals surface area contributed by atoms with Gasteiger partial charge in [0.05, 0.1) is 14.2 Å². The molecule has 0 saturated carbocycles. The lowest BCUT2D eigenvalue weighted by molar-refractivity contribution is -0.121. The standard InChI is InChI=1S/C22H30N2O3/c1-24(17-18-8-5-4-6-9-18)15-7-14-23-22(25)13-10-19-16-20(26-2)11-12-21(19)27-3/h4-6,8-9,11-12,16H,7,10,13-15,17H2,1-3H3,(H,23,25). The van der Waals surface area contributed by atoms with Crippen LogP contribution in [0.1, 0.15) is 24.0 Å². The van der Waals surface area contributed by atoms with Crippen molar-refractivity contribution < 1.29 is 14.3 Å². The van der Waals surface area contributed by atoms with Crippen molar-refractivity contribution in [2.45, 2.75) is 25.8 Å². The van der Waals surface area contributed by atoms with Crippen LogP contribution < -0.4 is 14.8 Å². The molecule has 0 aliphatic carbocycles. The molecule has 27 heavy (non-hydrogen) atoms. The lowest BCUT2D eigenvalue weighted by atomic mass is 10.1. The molecule has 0 saturated heterocycles. The van der Waals surface area contributed by atoms with E-state index in [1.165, 1.54) is 5.56 Å². The van der Waals surface area contributed by atoms with Crippen molar-refractivity contribution in [3.05, 3.63) is 59.7 Å². The van der Waals surface area contributed by atoms with Crippen molar-refractivity contribution in [1.29, 1.82) is 0 Å². The number of hydrogen-bond donors (Lipinski definition) is 1. The first-order chi connectivity index (χ1) is 13.1. The van der Waals surface area contributed by atoms with E-state index >= 15 is 0 Å². The topological polar surface area (TPSA) is 50.8 Å². The molecule has 0 atom stereocenters. The molecule has 0 aromatic heterocycles. The van der Waals surface area contributed by atoms with Crippen LogP contribution >= 0.6 is 0 Å². The Balaban J connectivity index is 1.66. The Morgan fingerprint density at radius 3 is 2.56 bits per heavy atom. The number of carbonyl (C=O) groups is 1. The largest absolute Gasteiger partial charge is 0.497 e. The van der Waals surface area contributed by atoms with Gasteiger partial charge in [-0.15, -0.1) is 0 Å². The second-order valence-electron chi connectivity index (χ2n) is 6.60. The first kappa shape index (κ1) is 20.8. The zero-order valence-corrected chi connectivity index (χ0v) is 16.5. The number of nitrogens with zero attached hydrogens (tertiary/aromatic N) is 1. The highest BCUT2D eigenvalue weighted by Gasteiger charge is 2.08. The minimum Gasteiger partial charge on any atom is -0.497 e. The third-order valence-corrected chi connectivity index (χ3v) is 4.44. The molecule has 0 bridgehead atoms. The molecule has 2 rings (SSSR count). The van der Waals surface area contributed by atoms with E-state index in [9.17, 15) is 4.79 Å². The van der Waals surface area contributed by atoms with Gasteiger partial charge < -0.3 is 19.7 Å². The fourth-order valence-electron chi connectivity index (χ4n) is 2.96. The molecule has 0 fully saturated rings. The Kier molecular flexibility index (Phi) is 8.65. The molecule has 0 radical (unpaired) electrons. The molecular weight excluding hydrogens is 340 g/mol. The molecular formula is C22H30N2O3. The summed E-state index contributed by atoms with van der Waals surface area (Å²) in [6.45, 7) is 2.55. The summed E-state index contributed by atoms with van der Waals surface area (Å²) in [5.41, 5.74) is 2.28. The van der Waals surface area contributed by atoms with Crippen LogP contribution in [0.3, 0.4) is 0 Å². The molecule has 1 amide bonds. The summed E-state index contributed by atoms with van der Waals surface area (Å²) in [7, 11) is 5.37. The Bertz CT molecular complexity index is 704. The summed E-state index contributed by atoms with van der Waals surface area (Å²) in [5, 5.41) is 3.00. The van der Waals surface area contributed by atoms with Gasteiger partial charge in [-0.3, -0.25) is 4.79 Å². The van der Waals surface area contributed by atoms with Gasteiger partial charge in [-0.25, -0.2) is 0 Å². The maximum absolute atomic E-state index is 12.1. The summed E-state index contributed by atoms with van der Waals surface area (Å²) < 4.78 is 10.6. The van der Waals surface area contributed by atoms with Crippen molar-refractivity contribution in [2.75, 3.05) is 34.4 Å². The maximum Gasteiger partial charge on any atom is 0.220 e. The number of hydrogen-bond acceptors (Lipinski definition) is 4. The van der Waals surface area contributed by atoms with Gasteiger partial charge in [-0.2, -0.15) is 0 Å². The molecule has 0 aliphatic rings. The van der Waals surface area contributed by atoms with E-state index < -0.39 is 0 Å². The zero-order chi connectivity index (χ0) is 19.5. The van der Waals surface area contributed by atoms with Crippen LogP contribution in [0, 0.1) is 0 Å². The van der Waals surface area contributed by atoms with E-state index in [4.69, 9.17) is 9.47 Å². The number of carbonyl (C=O) groups excluding carboxylic acids is 1. The highest BCUT2D eigenvalue weighted by Crippen LogP contribution is 2.25. The van der Waals surface area contributed by atoms with Gasteiger partial charge in [0.25, 0.3) is 0 Å². The van der Waals surface area contributed by atoms with Crippen LogP contribution in [-0.4, -0.2) is 45.2 Å². The van der Waals surface area contributed by atoms with Crippen LogP contribution in [-0.2, 0) is 17.8 Å². The molecule has 1 N–H and O–H groups in total. The number of methoxy groups -OCH3 is 2. The van der Waals surface area contributed by atoms with Crippen molar-refractivity contribution in [2.24, 2.45) is 0 Å². The van der Waals surface area contributed by atoms with Gasteiger partial charge in [0.15, 0.2) is 0 Å². The van der Waals surface area contributed by atoms with Gasteiger partial charge in [-0.05, 0) is 55.8 Å². The van der Waals surface area contributed by atoms with Gasteiger partial charge in [0.1, 0.15) is 11.5 Å². The molecule has 2 aromatic carbocycles. The molecule has 0 heterocycles. The van der Waals surface area contributed by atoms with Crippen molar-refractivity contribution in [3.63, 3.8) is 0 Å². The fourth-order valence-corrected chi connectivity index (χ4v) is 2.96. The van der Waals surface area contributed by atoms with Crippen LogP contribution in [0.4, 0.5) is 0 Å². The van der Waals surface area contributed by atoms with E-state index in [1.54, 1.807) is 14.2 Å². The molecule has 5 nitrogen and oxygen atoms in total. The third-order valence-electron chi connectivity index (χ3n) is 4.44. The first-order valence-electron chi connectivity index (χ1n) is 9.32. The summed E-state index contributed by atoms with van der Waals surface area (Å²) in [6, 6.07) is 16.0. The summed E-state index contributed by atoms with van der Waals surface area (Å²) in [6.07, 6.45) is 1.99. The number of amides is 1. The highest BCUT2D eigenvalue weighted by molar-refractivity contribution is 5.76. The number of ether oxygens (including phenoxy) is 2. The lowest BCUT2D eigenvalue weighted by Crippen LogP contribution is -2.28. The van der Waals surface area contributed by atoms with E-state index in [0.717, 1.165) is 36.6 Å². The average molecular weight is 370 g/mol. The number of benzene rings is 2. The Hall–Kier alpha value is -2.53. The summed E-state index contributed by atoms with van der Waals surface area (Å²) in [4.78, 5) is 14.4. The SMILES string of the molecule is COc1ccc(OC)c(CCC(=O)NCCCN(C)Cc2ccccc2)c1.